The minimum absolute atomic E-state index is 0.0160. The van der Waals surface area contributed by atoms with Crippen LogP contribution >= 0.6 is 11.8 Å². The smallest absolute Gasteiger partial charge is 0.349 e. The van der Waals surface area contributed by atoms with Crippen LogP contribution in [0.4, 0.5) is 10.5 Å². The highest BCUT2D eigenvalue weighted by molar-refractivity contribution is 7.99. The minimum atomic E-state index is -0.648. The number of hydrogen-bond donors (Lipinski definition) is 1. The van der Waals surface area contributed by atoms with Gasteiger partial charge in [-0.05, 0) is 19.1 Å². The molecule has 0 saturated carbocycles. The van der Waals surface area contributed by atoms with Crippen LogP contribution in [0.25, 0.3) is 0 Å². The Bertz CT molecular complexity index is 1040. The van der Waals surface area contributed by atoms with Gasteiger partial charge in [-0.2, -0.15) is 0 Å². The predicted octanol–water partition coefficient (Wildman–Crippen LogP) is 2.03. The number of nitrogens with one attached hydrogen (secondary N) is 1. The van der Waals surface area contributed by atoms with Gasteiger partial charge in [-0.1, -0.05) is 11.8 Å². The molecule has 12 heteroatoms. The van der Waals surface area contributed by atoms with Gasteiger partial charge in [0.15, 0.2) is 0 Å². The number of anilines is 1. The van der Waals surface area contributed by atoms with Gasteiger partial charge < -0.3 is 19.2 Å². The van der Waals surface area contributed by atoms with Crippen molar-refractivity contribution in [3.05, 3.63) is 24.1 Å². The van der Waals surface area contributed by atoms with Crippen molar-refractivity contribution in [1.29, 1.82) is 0 Å². The molecular formula is C19H21N5O6S. The number of carbonyl (C=O) groups excluding carboxylic acids is 3. The number of aromatic nitrogens is 2. The molecule has 1 aliphatic heterocycles. The molecule has 0 spiro atoms. The lowest BCUT2D eigenvalue weighted by Crippen LogP contribution is -2.44. The van der Waals surface area contributed by atoms with E-state index in [9.17, 15) is 14.4 Å². The summed E-state index contributed by atoms with van der Waals surface area (Å²) < 4.78 is 15.9. The Morgan fingerprint density at radius 3 is 2.74 bits per heavy atom. The highest BCUT2D eigenvalue weighted by Gasteiger charge is 2.34. The van der Waals surface area contributed by atoms with Crippen LogP contribution in [-0.2, 0) is 16.0 Å². The van der Waals surface area contributed by atoms with E-state index in [-0.39, 0.29) is 35.1 Å². The van der Waals surface area contributed by atoms with Crippen molar-refractivity contribution in [2.75, 3.05) is 32.3 Å². The van der Waals surface area contributed by atoms with Gasteiger partial charge in [0.05, 0.1) is 31.6 Å². The fraction of sp³-hybridized carbons (Fsp3) is 0.368. The monoisotopic (exact) mass is 447 g/mol. The first-order chi connectivity index (χ1) is 14.8. The van der Waals surface area contributed by atoms with Crippen molar-refractivity contribution < 1.29 is 28.3 Å². The summed E-state index contributed by atoms with van der Waals surface area (Å²) in [5.74, 6) is -0.0240. The van der Waals surface area contributed by atoms with Crippen molar-refractivity contribution in [2.45, 2.75) is 18.6 Å². The van der Waals surface area contributed by atoms with Crippen LogP contribution in [-0.4, -0.2) is 65.7 Å². The third-order valence-corrected chi connectivity index (χ3v) is 5.34. The summed E-state index contributed by atoms with van der Waals surface area (Å²) in [7, 11) is 4.41. The summed E-state index contributed by atoms with van der Waals surface area (Å²) in [4.78, 5) is 41.0. The van der Waals surface area contributed by atoms with Crippen molar-refractivity contribution >= 4 is 41.0 Å². The van der Waals surface area contributed by atoms with Crippen LogP contribution in [0.1, 0.15) is 12.8 Å². The van der Waals surface area contributed by atoms with Crippen molar-refractivity contribution in [3.63, 3.8) is 0 Å². The van der Waals surface area contributed by atoms with Gasteiger partial charge in [0.2, 0.25) is 17.7 Å². The second-order valence-electron chi connectivity index (χ2n) is 6.55. The molecule has 1 N–H and O–H groups in total. The Morgan fingerprint density at radius 2 is 2.03 bits per heavy atom. The van der Waals surface area contributed by atoms with Gasteiger partial charge in [-0.15, -0.1) is 10.2 Å². The standard InChI is InChI=1S/C19H21N5O6S/c1-10-12(17(26)24(2)18(27)20-10)8-16-22-23-19(30-16)31-9-15(25)21-13-7-11(28-3)5-6-14(13)29-4/h5-7,12H,8-9H2,1-4H3,(H,21,25). The van der Waals surface area contributed by atoms with Crippen molar-refractivity contribution in [3.8, 4) is 11.5 Å². The molecule has 1 aromatic carbocycles. The van der Waals surface area contributed by atoms with E-state index in [1.165, 1.54) is 21.3 Å². The lowest BCUT2D eigenvalue weighted by molar-refractivity contribution is -0.129. The Balaban J connectivity index is 1.58. The number of imide groups is 1. The van der Waals surface area contributed by atoms with Crippen LogP contribution in [0.15, 0.2) is 32.8 Å². The molecule has 1 aromatic heterocycles. The fourth-order valence-electron chi connectivity index (χ4n) is 2.82. The van der Waals surface area contributed by atoms with Gasteiger partial charge >= 0.3 is 6.03 Å². The fourth-order valence-corrected chi connectivity index (χ4v) is 3.40. The molecule has 0 bridgehead atoms. The van der Waals surface area contributed by atoms with Gasteiger partial charge in [0.25, 0.3) is 5.22 Å². The third-order valence-electron chi connectivity index (χ3n) is 4.53. The molecule has 2 aromatic rings. The maximum atomic E-state index is 12.3. The van der Waals surface area contributed by atoms with E-state index in [0.717, 1.165) is 16.7 Å². The number of carbonyl (C=O) groups is 3. The molecular weight excluding hydrogens is 426 g/mol. The summed E-state index contributed by atoms with van der Waals surface area (Å²) in [6.45, 7) is 1.61. The SMILES string of the molecule is COc1ccc(OC)c(NC(=O)CSc2nnc(CC3C(=O)N(C)C(=O)N=C3C)o2)c1. The molecule has 2 heterocycles. The second-order valence-corrected chi connectivity index (χ2v) is 7.48. The Labute approximate surface area is 182 Å². The average molecular weight is 447 g/mol. The molecule has 3 rings (SSSR count). The summed E-state index contributed by atoms with van der Waals surface area (Å²) in [5, 5.41) is 10.7. The van der Waals surface area contributed by atoms with E-state index in [0.29, 0.717) is 22.9 Å². The zero-order chi connectivity index (χ0) is 22.5. The first-order valence-corrected chi connectivity index (χ1v) is 10.1. The van der Waals surface area contributed by atoms with Crippen LogP contribution in [0.3, 0.4) is 0 Å². The Hall–Kier alpha value is -3.41. The number of benzene rings is 1. The van der Waals surface area contributed by atoms with Crippen LogP contribution < -0.4 is 14.8 Å². The number of ether oxygens (including phenoxy) is 2. The molecule has 1 atom stereocenters. The minimum Gasteiger partial charge on any atom is -0.497 e. The second kappa shape index (κ2) is 9.60. The van der Waals surface area contributed by atoms with E-state index in [2.05, 4.69) is 20.5 Å². The molecule has 0 aliphatic carbocycles. The lowest BCUT2D eigenvalue weighted by Gasteiger charge is -2.24. The molecule has 0 fully saturated rings. The summed E-state index contributed by atoms with van der Waals surface area (Å²) in [6, 6.07) is 4.47. The van der Waals surface area contributed by atoms with Gasteiger partial charge in [-0.25, -0.2) is 9.79 Å². The van der Waals surface area contributed by atoms with Gasteiger partial charge in [0.1, 0.15) is 11.5 Å². The highest BCUT2D eigenvalue weighted by atomic mass is 32.2. The summed E-state index contributed by atoms with van der Waals surface area (Å²) in [6.07, 6.45) is 0.118. The molecule has 11 nitrogen and oxygen atoms in total. The van der Waals surface area contributed by atoms with Crippen LogP contribution in [0.2, 0.25) is 0 Å². The number of aliphatic imine (C=N–C) groups is 1. The molecule has 0 radical (unpaired) electrons. The van der Waals surface area contributed by atoms with Crippen molar-refractivity contribution in [1.82, 2.24) is 15.1 Å². The molecule has 4 amide bonds. The van der Waals surface area contributed by atoms with Crippen LogP contribution in [0.5, 0.6) is 11.5 Å². The van der Waals surface area contributed by atoms with Crippen LogP contribution in [0, 0.1) is 5.92 Å². The molecule has 0 saturated heterocycles. The molecule has 1 aliphatic rings. The zero-order valence-corrected chi connectivity index (χ0v) is 18.2. The maximum Gasteiger partial charge on any atom is 0.349 e. The van der Waals surface area contributed by atoms with E-state index in [1.807, 2.05) is 0 Å². The largest absolute Gasteiger partial charge is 0.497 e. The first-order valence-electron chi connectivity index (χ1n) is 9.16. The first kappa shape index (κ1) is 22.3. The average Bonchev–Trinajstić information content (AvgIpc) is 3.21. The lowest BCUT2D eigenvalue weighted by atomic mass is 9.97. The Morgan fingerprint density at radius 1 is 1.26 bits per heavy atom. The number of amides is 4. The summed E-state index contributed by atoms with van der Waals surface area (Å²) >= 11 is 1.05. The third kappa shape index (κ3) is 5.20. The normalized spacial score (nSPS) is 16.2. The van der Waals surface area contributed by atoms with Gasteiger partial charge in [-0.3, -0.25) is 14.5 Å². The molecule has 1 unspecified atom stereocenters. The Kier molecular flexibility index (Phi) is 6.90. The van der Waals surface area contributed by atoms with Gasteiger partial charge in [0, 0.05) is 25.2 Å². The van der Waals surface area contributed by atoms with E-state index in [4.69, 9.17) is 13.9 Å². The number of nitrogens with zero attached hydrogens (tertiary/aromatic N) is 4. The topological polar surface area (TPSA) is 136 Å². The number of hydrogen-bond acceptors (Lipinski definition) is 9. The van der Waals surface area contributed by atoms with E-state index < -0.39 is 11.9 Å². The van der Waals surface area contributed by atoms with Crippen molar-refractivity contribution in [2.24, 2.45) is 10.9 Å². The molecule has 164 valence electrons. The molecule has 31 heavy (non-hydrogen) atoms. The van der Waals surface area contributed by atoms with E-state index >= 15 is 0 Å². The number of methoxy groups -OCH3 is 2. The zero-order valence-electron chi connectivity index (χ0n) is 17.4. The van der Waals surface area contributed by atoms with E-state index in [1.54, 1.807) is 25.1 Å². The summed E-state index contributed by atoms with van der Waals surface area (Å²) in [5.41, 5.74) is 0.870. The predicted molar refractivity (Wildman–Crippen MR) is 112 cm³/mol. The quantitative estimate of drug-likeness (QED) is 0.603. The number of thioether (sulfide) groups is 1. The maximum absolute atomic E-state index is 12.3. The highest BCUT2D eigenvalue weighted by Crippen LogP contribution is 2.29. The number of rotatable bonds is 8. The number of urea groups is 1.